The number of likely N-dealkylation sites (N-methyl/N-ethyl adjacent to an activating group) is 1. The molecule has 0 aromatic carbocycles. The molecule has 1 rings (SSSR count). The molecule has 0 heterocycles. The maximum atomic E-state index is 3.55. The minimum atomic E-state index is 0.623. The van der Waals surface area contributed by atoms with E-state index in [9.17, 15) is 0 Å². The lowest BCUT2D eigenvalue weighted by molar-refractivity contribution is 0.489. The smallest absolute Gasteiger partial charge is 0.0164 e. The van der Waals surface area contributed by atoms with E-state index in [-0.39, 0.29) is 0 Å². The molecule has 0 amide bonds. The average Bonchev–Trinajstić information content (AvgIpc) is 2.75. The summed E-state index contributed by atoms with van der Waals surface area (Å²) in [5.41, 5.74) is 0. The van der Waals surface area contributed by atoms with Crippen molar-refractivity contribution in [3.63, 3.8) is 0 Å². The van der Waals surface area contributed by atoms with Crippen LogP contribution in [-0.4, -0.2) is 25.7 Å². The number of nitrogens with one attached hydrogen (secondary N) is 2. The Labute approximate surface area is 76.1 Å². The Morgan fingerprint density at radius 3 is 2.67 bits per heavy atom. The summed E-state index contributed by atoms with van der Waals surface area (Å²) in [6.07, 6.45) is 1.43. The molecule has 2 nitrogen and oxygen atoms in total. The van der Waals surface area contributed by atoms with Gasteiger partial charge in [0.25, 0.3) is 0 Å². The molecule has 0 aromatic rings. The summed E-state index contributed by atoms with van der Waals surface area (Å²) in [5.74, 6) is 1.94. The van der Waals surface area contributed by atoms with Crippen molar-refractivity contribution in [1.29, 1.82) is 0 Å². The molecule has 0 spiro atoms. The van der Waals surface area contributed by atoms with E-state index < -0.39 is 0 Å². The van der Waals surface area contributed by atoms with E-state index in [2.05, 4.69) is 31.4 Å². The van der Waals surface area contributed by atoms with Crippen LogP contribution >= 0.6 is 0 Å². The van der Waals surface area contributed by atoms with Gasteiger partial charge in [-0.1, -0.05) is 13.8 Å². The van der Waals surface area contributed by atoms with Crippen LogP contribution in [0.1, 0.15) is 27.2 Å². The zero-order valence-corrected chi connectivity index (χ0v) is 8.56. The van der Waals surface area contributed by atoms with Gasteiger partial charge in [-0.3, -0.25) is 0 Å². The first-order valence-corrected chi connectivity index (χ1v) is 5.18. The van der Waals surface area contributed by atoms with Crippen LogP contribution in [0.4, 0.5) is 0 Å². The Morgan fingerprint density at radius 2 is 2.17 bits per heavy atom. The highest BCUT2D eigenvalue weighted by atomic mass is 15.0. The third-order valence-electron chi connectivity index (χ3n) is 2.71. The van der Waals surface area contributed by atoms with Crippen LogP contribution in [0, 0.1) is 11.8 Å². The molecular formula is C10H22N2. The third kappa shape index (κ3) is 3.55. The Hall–Kier alpha value is -0.0800. The molecule has 1 saturated carbocycles. The van der Waals surface area contributed by atoms with E-state index in [1.165, 1.54) is 13.0 Å². The van der Waals surface area contributed by atoms with Crippen LogP contribution in [0.5, 0.6) is 0 Å². The van der Waals surface area contributed by atoms with Crippen molar-refractivity contribution in [3.8, 4) is 0 Å². The lowest BCUT2D eigenvalue weighted by atomic mass is 10.3. The van der Waals surface area contributed by atoms with Crippen LogP contribution in [0.3, 0.4) is 0 Å². The second-order valence-corrected chi connectivity index (χ2v) is 4.09. The summed E-state index contributed by atoms with van der Waals surface area (Å²) in [7, 11) is 0. The summed E-state index contributed by atoms with van der Waals surface area (Å²) in [4.78, 5) is 0. The van der Waals surface area contributed by atoms with Crippen LogP contribution in [0.2, 0.25) is 0 Å². The Balaban J connectivity index is 1.91. The Morgan fingerprint density at radius 1 is 1.50 bits per heavy atom. The minimum absolute atomic E-state index is 0.623. The topological polar surface area (TPSA) is 24.1 Å². The molecule has 1 fully saturated rings. The highest BCUT2D eigenvalue weighted by Crippen LogP contribution is 2.36. The van der Waals surface area contributed by atoms with Crippen LogP contribution in [-0.2, 0) is 0 Å². The fourth-order valence-corrected chi connectivity index (χ4v) is 1.47. The quantitative estimate of drug-likeness (QED) is 0.626. The van der Waals surface area contributed by atoms with Crippen molar-refractivity contribution < 1.29 is 0 Å². The molecule has 0 aliphatic heterocycles. The summed E-state index contributed by atoms with van der Waals surface area (Å²) in [5, 5.41) is 6.89. The van der Waals surface area contributed by atoms with Gasteiger partial charge in [-0.25, -0.2) is 0 Å². The largest absolute Gasteiger partial charge is 0.315 e. The lowest BCUT2D eigenvalue weighted by Crippen LogP contribution is -2.37. The zero-order chi connectivity index (χ0) is 8.97. The molecule has 72 valence electrons. The van der Waals surface area contributed by atoms with Crippen LogP contribution in [0.15, 0.2) is 0 Å². The first kappa shape index (κ1) is 10.0. The van der Waals surface area contributed by atoms with Gasteiger partial charge in [0.05, 0.1) is 0 Å². The van der Waals surface area contributed by atoms with Crippen molar-refractivity contribution in [2.75, 3.05) is 19.6 Å². The van der Waals surface area contributed by atoms with Gasteiger partial charge < -0.3 is 10.6 Å². The van der Waals surface area contributed by atoms with Gasteiger partial charge in [-0.15, -0.1) is 0 Å². The Kier molecular flexibility index (Phi) is 4.02. The van der Waals surface area contributed by atoms with E-state index in [0.717, 1.165) is 24.9 Å². The van der Waals surface area contributed by atoms with Gasteiger partial charge in [0.15, 0.2) is 0 Å². The van der Waals surface area contributed by atoms with Gasteiger partial charge in [0.1, 0.15) is 0 Å². The fourth-order valence-electron chi connectivity index (χ4n) is 1.47. The molecule has 1 aliphatic carbocycles. The molecule has 12 heavy (non-hydrogen) atoms. The predicted molar refractivity (Wildman–Crippen MR) is 53.3 cm³/mol. The van der Waals surface area contributed by atoms with Crippen LogP contribution in [0.25, 0.3) is 0 Å². The van der Waals surface area contributed by atoms with E-state index in [1.807, 2.05) is 0 Å². The highest BCUT2D eigenvalue weighted by molar-refractivity contribution is 4.84. The zero-order valence-electron chi connectivity index (χ0n) is 8.56. The van der Waals surface area contributed by atoms with Crippen molar-refractivity contribution in [1.82, 2.24) is 10.6 Å². The highest BCUT2D eigenvalue weighted by Gasteiger charge is 2.31. The molecule has 0 bridgehead atoms. The maximum Gasteiger partial charge on any atom is 0.0164 e. The third-order valence-corrected chi connectivity index (χ3v) is 2.71. The van der Waals surface area contributed by atoms with Crippen molar-refractivity contribution in [2.24, 2.45) is 11.8 Å². The molecule has 0 aromatic heterocycles. The minimum Gasteiger partial charge on any atom is -0.315 e. The molecule has 3 atom stereocenters. The molecule has 3 unspecified atom stereocenters. The SMILES string of the molecule is CCNCC(C)NCC1CC1C. The first-order chi connectivity index (χ1) is 5.74. The van der Waals surface area contributed by atoms with Crippen molar-refractivity contribution in [2.45, 2.75) is 33.2 Å². The average molecular weight is 170 g/mol. The van der Waals surface area contributed by atoms with Gasteiger partial charge in [-0.2, -0.15) is 0 Å². The van der Waals surface area contributed by atoms with E-state index in [1.54, 1.807) is 0 Å². The van der Waals surface area contributed by atoms with Gasteiger partial charge in [0.2, 0.25) is 0 Å². The van der Waals surface area contributed by atoms with Gasteiger partial charge >= 0.3 is 0 Å². The fraction of sp³-hybridized carbons (Fsp3) is 1.00. The number of hydrogen-bond donors (Lipinski definition) is 2. The molecule has 0 radical (unpaired) electrons. The number of rotatable bonds is 6. The normalized spacial score (nSPS) is 30.2. The molecule has 1 aliphatic rings. The number of hydrogen-bond acceptors (Lipinski definition) is 2. The van der Waals surface area contributed by atoms with Crippen molar-refractivity contribution in [3.05, 3.63) is 0 Å². The van der Waals surface area contributed by atoms with E-state index in [0.29, 0.717) is 6.04 Å². The monoisotopic (exact) mass is 170 g/mol. The van der Waals surface area contributed by atoms with Crippen LogP contribution < -0.4 is 10.6 Å². The van der Waals surface area contributed by atoms with E-state index >= 15 is 0 Å². The summed E-state index contributed by atoms with van der Waals surface area (Å²) in [6.45, 7) is 10.1. The Bertz CT molecular complexity index is 125. The van der Waals surface area contributed by atoms with Gasteiger partial charge in [0, 0.05) is 12.6 Å². The summed E-state index contributed by atoms with van der Waals surface area (Å²) >= 11 is 0. The lowest BCUT2D eigenvalue weighted by Gasteiger charge is -2.13. The predicted octanol–water partition coefficient (Wildman–Crippen LogP) is 1.23. The maximum absolute atomic E-state index is 3.55. The molecule has 2 N–H and O–H groups in total. The molecular weight excluding hydrogens is 148 g/mol. The first-order valence-electron chi connectivity index (χ1n) is 5.18. The standard InChI is InChI=1S/C10H22N2/c1-4-11-6-9(3)12-7-10-5-8(10)2/h8-12H,4-7H2,1-3H3. The second-order valence-electron chi connectivity index (χ2n) is 4.09. The molecule has 0 saturated heterocycles. The van der Waals surface area contributed by atoms with Crippen molar-refractivity contribution >= 4 is 0 Å². The summed E-state index contributed by atoms with van der Waals surface area (Å²) < 4.78 is 0. The second kappa shape index (κ2) is 4.83. The van der Waals surface area contributed by atoms with Gasteiger partial charge in [-0.05, 0) is 38.3 Å². The van der Waals surface area contributed by atoms with E-state index in [4.69, 9.17) is 0 Å². The molecule has 2 heteroatoms. The summed E-state index contributed by atoms with van der Waals surface area (Å²) in [6, 6.07) is 0.623.